The van der Waals surface area contributed by atoms with Crippen LogP contribution in [0.4, 0.5) is 11.4 Å². The normalized spacial score (nSPS) is 27.1. The van der Waals surface area contributed by atoms with E-state index in [2.05, 4.69) is 15.8 Å². The number of hydrazone groups is 1. The van der Waals surface area contributed by atoms with Gasteiger partial charge in [-0.1, -0.05) is 70.0 Å². The standard InChI is InChI=1S/C49H69ClN6O10S2/c1-29-12-11-13-40(64-10)49(62)26-39(65-28-52-49)30(2)25-48(6,61)41(24-44(59)56(8)37-21-32(20-29)22-38(63-9)45(37)50)66-46(60)31(3)55(7)43(58)18-19-67-68-47(4,5)27-42(57)54-53-36-17-14-33-23-34(51)15-16-35(33)36/h11-13,15-16,21-23,30-31,39-41,52,61-62H,14,17-20,24-28,51H2,1-10H3,(H,54,57)/b13-11+,29-12+,53-36-/t30-,31-,39-,40+,41-,48?,49-/m0/s1. The molecule has 7 atom stereocenters. The van der Waals surface area contributed by atoms with Gasteiger partial charge in [-0.25, -0.2) is 10.2 Å². The van der Waals surface area contributed by atoms with E-state index < -0.39 is 64.6 Å². The van der Waals surface area contributed by atoms with Crippen molar-refractivity contribution in [1.82, 2.24) is 15.6 Å². The van der Waals surface area contributed by atoms with E-state index in [-0.39, 0.29) is 49.3 Å². The molecule has 4 bridgehead atoms. The van der Waals surface area contributed by atoms with Gasteiger partial charge in [-0.3, -0.25) is 19.7 Å². The van der Waals surface area contributed by atoms with Gasteiger partial charge < -0.3 is 44.7 Å². The van der Waals surface area contributed by atoms with E-state index in [1.165, 1.54) is 66.5 Å². The van der Waals surface area contributed by atoms with Gasteiger partial charge in [-0.15, -0.1) is 0 Å². The second-order valence-electron chi connectivity index (χ2n) is 18.9. The summed E-state index contributed by atoms with van der Waals surface area (Å²) in [5.41, 5.74) is 11.0. The molecule has 6 N–H and O–H groups in total. The number of aliphatic hydroxyl groups is 2. The van der Waals surface area contributed by atoms with Gasteiger partial charge in [0.05, 0.1) is 43.4 Å². The number of carbonyl (C=O) groups excluding carboxylic acids is 4. The van der Waals surface area contributed by atoms with E-state index in [4.69, 9.17) is 36.3 Å². The Morgan fingerprint density at radius 2 is 1.91 bits per heavy atom. The van der Waals surface area contributed by atoms with Gasteiger partial charge >= 0.3 is 5.97 Å². The number of anilines is 2. The van der Waals surface area contributed by atoms with Crippen LogP contribution >= 0.6 is 33.2 Å². The predicted molar refractivity (Wildman–Crippen MR) is 270 cm³/mol. The third-order valence-electron chi connectivity index (χ3n) is 12.8. The first-order valence-corrected chi connectivity index (χ1v) is 25.5. The van der Waals surface area contributed by atoms with Crippen molar-refractivity contribution in [1.29, 1.82) is 0 Å². The van der Waals surface area contributed by atoms with Crippen LogP contribution in [0.15, 0.2) is 59.2 Å². The number of esters is 1. The summed E-state index contributed by atoms with van der Waals surface area (Å²) in [5, 5.41) is 31.7. The van der Waals surface area contributed by atoms with Crippen molar-refractivity contribution >= 4 is 74.0 Å². The molecule has 3 amide bonds. The molecule has 2 aromatic carbocycles. The monoisotopic (exact) mass is 1000 g/mol. The van der Waals surface area contributed by atoms with Crippen LogP contribution in [-0.4, -0.2) is 126 Å². The molecule has 2 heterocycles. The molecule has 68 heavy (non-hydrogen) atoms. The van der Waals surface area contributed by atoms with Gasteiger partial charge in [0.25, 0.3) is 0 Å². The zero-order chi connectivity index (χ0) is 50.1. The fourth-order valence-electron chi connectivity index (χ4n) is 8.61. The second-order valence-corrected chi connectivity index (χ2v) is 22.4. The van der Waals surface area contributed by atoms with Crippen molar-refractivity contribution in [3.63, 3.8) is 0 Å². The third-order valence-corrected chi connectivity index (χ3v) is 16.4. The highest BCUT2D eigenvalue weighted by atomic mass is 35.5. The summed E-state index contributed by atoms with van der Waals surface area (Å²) in [6.45, 7) is 10.7. The fourth-order valence-corrected chi connectivity index (χ4v) is 11.4. The number of carbonyl (C=O) groups is 4. The smallest absolute Gasteiger partial charge is 0.328 e. The summed E-state index contributed by atoms with van der Waals surface area (Å²) in [7, 11) is 8.97. The second kappa shape index (κ2) is 23.6. The molecule has 374 valence electrons. The van der Waals surface area contributed by atoms with Crippen LogP contribution in [0.5, 0.6) is 5.75 Å². The van der Waals surface area contributed by atoms with Gasteiger partial charge in [0, 0.05) is 62.2 Å². The van der Waals surface area contributed by atoms with E-state index in [0.717, 1.165) is 40.8 Å². The minimum Gasteiger partial charge on any atom is -0.495 e. The Bertz CT molecular complexity index is 2260. The van der Waals surface area contributed by atoms with Crippen molar-refractivity contribution in [3.8, 4) is 5.75 Å². The van der Waals surface area contributed by atoms with E-state index in [1.54, 1.807) is 25.3 Å². The average molecular weight is 1000 g/mol. The number of benzene rings is 2. The molecule has 0 aromatic heterocycles. The SMILES string of the molecule is COc1cc2cc(c1Cl)N(C)C(=O)C[C@H](OC(=O)[C@H](C)N(C)C(=O)CCSSC(C)(C)CC(=O)N/N=C1/CCc3cc(N)ccc31)C(C)(O)C[C@H](C)[C@@H]1C[C@@](O)(NCO1)[C@H](OC)/C=C/C=C(\C)C2. The van der Waals surface area contributed by atoms with Gasteiger partial charge in [-0.05, 0) is 102 Å². The van der Waals surface area contributed by atoms with Crippen molar-refractivity contribution < 1.29 is 48.3 Å². The lowest BCUT2D eigenvalue weighted by atomic mass is 9.81. The number of methoxy groups -OCH3 is 2. The predicted octanol–water partition coefficient (Wildman–Crippen LogP) is 6.32. The molecule has 0 radical (unpaired) electrons. The van der Waals surface area contributed by atoms with Crippen LogP contribution in [0.3, 0.4) is 0 Å². The Balaban J connectivity index is 1.26. The Morgan fingerprint density at radius 1 is 1.18 bits per heavy atom. The number of hydrogen-bond acceptors (Lipinski definition) is 15. The minimum atomic E-state index is -1.81. The van der Waals surface area contributed by atoms with Crippen LogP contribution < -0.4 is 26.1 Å². The highest BCUT2D eigenvalue weighted by Crippen LogP contribution is 2.40. The lowest BCUT2D eigenvalue weighted by Crippen LogP contribution is -2.61. The average Bonchev–Trinajstić information content (AvgIpc) is 3.68. The quantitative estimate of drug-likeness (QED) is 0.0488. The van der Waals surface area contributed by atoms with Gasteiger partial charge in [0.2, 0.25) is 17.7 Å². The lowest BCUT2D eigenvalue weighted by Gasteiger charge is -2.44. The Hall–Kier alpha value is -4.14. The number of nitrogens with one attached hydrogen (secondary N) is 2. The van der Waals surface area contributed by atoms with E-state index in [1.807, 2.05) is 58.0 Å². The summed E-state index contributed by atoms with van der Waals surface area (Å²) in [4.78, 5) is 57.3. The Labute approximate surface area is 413 Å². The summed E-state index contributed by atoms with van der Waals surface area (Å²) < 4.78 is 23.0. The molecule has 2 aromatic rings. The minimum absolute atomic E-state index is 0.00305. The van der Waals surface area contributed by atoms with E-state index in [9.17, 15) is 29.4 Å². The number of rotatable bonds is 13. The lowest BCUT2D eigenvalue weighted by molar-refractivity contribution is -0.192. The molecule has 5 rings (SSSR count). The maximum atomic E-state index is 14.3. The van der Waals surface area contributed by atoms with Crippen molar-refractivity contribution in [2.45, 2.75) is 133 Å². The first kappa shape index (κ1) is 54.8. The van der Waals surface area contributed by atoms with Gasteiger partial charge in [0.15, 0.2) is 0 Å². The summed E-state index contributed by atoms with van der Waals surface area (Å²) in [6.07, 6.45) is 4.72. The molecule has 1 unspecified atom stereocenters. The van der Waals surface area contributed by atoms with Crippen molar-refractivity contribution in [3.05, 3.63) is 75.8 Å². The van der Waals surface area contributed by atoms with Crippen molar-refractivity contribution in [2.24, 2.45) is 11.0 Å². The first-order chi connectivity index (χ1) is 32.0. The number of aryl methyl sites for hydroxylation is 1. The number of ether oxygens (including phenoxy) is 4. The number of amides is 3. The first-order valence-electron chi connectivity index (χ1n) is 22.8. The van der Waals surface area contributed by atoms with Gasteiger partial charge in [0.1, 0.15) is 34.7 Å². The zero-order valence-corrected chi connectivity index (χ0v) is 43.2. The van der Waals surface area contributed by atoms with Crippen LogP contribution in [0.25, 0.3) is 0 Å². The number of likely N-dealkylation sites (N-methyl/N-ethyl adjacent to an activating group) is 1. The molecular weight excluding hydrogens is 932 g/mol. The molecule has 16 nitrogen and oxygen atoms in total. The number of nitrogens with two attached hydrogens (primary N) is 1. The van der Waals surface area contributed by atoms with Crippen LogP contribution in [0.1, 0.15) is 96.8 Å². The number of nitrogens with zero attached hydrogens (tertiary/aromatic N) is 3. The van der Waals surface area contributed by atoms with Crippen LogP contribution in [-0.2, 0) is 46.2 Å². The summed E-state index contributed by atoms with van der Waals surface area (Å²) >= 11 is 6.80. The van der Waals surface area contributed by atoms with Crippen molar-refractivity contribution in [2.75, 3.05) is 51.4 Å². The molecule has 2 aliphatic heterocycles. The maximum absolute atomic E-state index is 14.3. The fraction of sp³-hybridized carbons (Fsp3) is 0.571. The largest absolute Gasteiger partial charge is 0.495 e. The molecular formula is C49H69ClN6O10S2. The number of allylic oxidation sites excluding steroid dienone is 3. The number of nitrogen functional groups attached to an aromatic ring is 1. The zero-order valence-electron chi connectivity index (χ0n) is 40.9. The molecule has 1 aliphatic carbocycles. The molecule has 1 fully saturated rings. The molecule has 19 heteroatoms. The summed E-state index contributed by atoms with van der Waals surface area (Å²) in [6, 6.07) is 8.18. The Kier molecular flexibility index (Phi) is 19.1. The number of halogens is 1. The molecule has 3 aliphatic rings. The number of hydrogen-bond donors (Lipinski definition) is 5. The number of fused-ring (bicyclic) bond motifs is 5. The topological polar surface area (TPSA) is 215 Å². The van der Waals surface area contributed by atoms with Gasteiger partial charge in [-0.2, -0.15) is 5.10 Å². The van der Waals surface area contributed by atoms with Crippen LogP contribution in [0.2, 0.25) is 5.02 Å². The van der Waals surface area contributed by atoms with E-state index >= 15 is 0 Å². The highest BCUT2D eigenvalue weighted by molar-refractivity contribution is 8.77. The summed E-state index contributed by atoms with van der Waals surface area (Å²) in [5.74, 6) is -1.54. The third kappa shape index (κ3) is 14.2. The molecule has 0 saturated carbocycles. The Morgan fingerprint density at radius 3 is 2.62 bits per heavy atom. The van der Waals surface area contributed by atoms with Crippen LogP contribution in [0, 0.1) is 5.92 Å². The molecule has 1 saturated heterocycles. The molecule has 0 spiro atoms. The maximum Gasteiger partial charge on any atom is 0.328 e. The highest BCUT2D eigenvalue weighted by Gasteiger charge is 2.46. The van der Waals surface area contributed by atoms with E-state index in [0.29, 0.717) is 29.3 Å².